The minimum atomic E-state index is -0.128. The lowest BCUT2D eigenvalue weighted by Crippen LogP contribution is -2.16. The van der Waals surface area contributed by atoms with E-state index in [4.69, 9.17) is 0 Å². The molecule has 0 saturated carbocycles. The van der Waals surface area contributed by atoms with E-state index < -0.39 is 0 Å². The minimum absolute atomic E-state index is 0.000156. The Hall–Kier alpha value is -1.74. The molecule has 110 valence electrons. The summed E-state index contributed by atoms with van der Waals surface area (Å²) in [6.07, 6.45) is 0. The Morgan fingerprint density at radius 2 is 1.81 bits per heavy atom. The van der Waals surface area contributed by atoms with Crippen LogP contribution in [0.1, 0.15) is 42.3 Å². The van der Waals surface area contributed by atoms with Crippen LogP contribution in [0.2, 0.25) is 0 Å². The molecule has 0 aromatic heterocycles. The summed E-state index contributed by atoms with van der Waals surface area (Å²) in [6.45, 7) is 8.38. The first-order valence-electron chi connectivity index (χ1n) is 6.99. The summed E-state index contributed by atoms with van der Waals surface area (Å²) in [6, 6.07) is 13.6. The second-order valence-electron chi connectivity index (χ2n) is 6.31. The predicted molar refractivity (Wildman–Crippen MR) is 91.5 cm³/mol. The Morgan fingerprint density at radius 3 is 2.43 bits per heavy atom. The molecule has 0 bridgehead atoms. The van der Waals surface area contributed by atoms with Gasteiger partial charge in [0.1, 0.15) is 0 Å². The van der Waals surface area contributed by atoms with Crippen LogP contribution in [0.3, 0.4) is 0 Å². The fourth-order valence-electron chi connectivity index (χ4n) is 2.11. The minimum Gasteiger partial charge on any atom is -0.322 e. The summed E-state index contributed by atoms with van der Waals surface area (Å²) in [5.74, 6) is -0.128. The standard InChI is InChI=1S/C18H21NOS/c1-12-6-5-7-14(10-12)19-17(20)15-11-13(18(2,3)4)8-9-16(15)21/h5-11,21H,1-4H3,(H,19,20). The fraction of sp³-hybridized carbons (Fsp3) is 0.278. The monoisotopic (exact) mass is 299 g/mol. The van der Waals surface area contributed by atoms with E-state index >= 15 is 0 Å². The zero-order chi connectivity index (χ0) is 15.6. The number of hydrogen-bond acceptors (Lipinski definition) is 2. The van der Waals surface area contributed by atoms with Crippen LogP contribution in [0, 0.1) is 6.92 Å². The van der Waals surface area contributed by atoms with Crippen molar-refractivity contribution in [1.82, 2.24) is 0 Å². The van der Waals surface area contributed by atoms with Gasteiger partial charge in [0, 0.05) is 10.6 Å². The summed E-state index contributed by atoms with van der Waals surface area (Å²) in [7, 11) is 0. The summed E-state index contributed by atoms with van der Waals surface area (Å²) in [4.78, 5) is 13.2. The van der Waals surface area contributed by atoms with Gasteiger partial charge in [-0.15, -0.1) is 12.6 Å². The van der Waals surface area contributed by atoms with Gasteiger partial charge < -0.3 is 5.32 Å². The lowest BCUT2D eigenvalue weighted by molar-refractivity contribution is 0.102. The highest BCUT2D eigenvalue weighted by atomic mass is 32.1. The molecule has 0 spiro atoms. The first kappa shape index (κ1) is 15.6. The number of anilines is 1. The molecule has 0 atom stereocenters. The Bertz CT molecular complexity index is 671. The first-order valence-corrected chi connectivity index (χ1v) is 7.43. The third kappa shape index (κ3) is 3.88. The van der Waals surface area contributed by atoms with Gasteiger partial charge in [-0.2, -0.15) is 0 Å². The number of carbonyl (C=O) groups is 1. The molecule has 3 heteroatoms. The van der Waals surface area contributed by atoms with Crippen LogP contribution in [0.15, 0.2) is 47.4 Å². The summed E-state index contributed by atoms with van der Waals surface area (Å²) >= 11 is 4.41. The number of hydrogen-bond donors (Lipinski definition) is 2. The summed E-state index contributed by atoms with van der Waals surface area (Å²) < 4.78 is 0. The number of rotatable bonds is 2. The molecule has 2 aromatic carbocycles. The molecule has 2 rings (SSSR count). The van der Waals surface area contributed by atoms with Gasteiger partial charge in [0.05, 0.1) is 5.56 Å². The van der Waals surface area contributed by atoms with Crippen molar-refractivity contribution >= 4 is 24.2 Å². The van der Waals surface area contributed by atoms with Crippen molar-refractivity contribution in [1.29, 1.82) is 0 Å². The molecule has 0 heterocycles. The lowest BCUT2D eigenvalue weighted by atomic mass is 9.86. The van der Waals surface area contributed by atoms with E-state index in [9.17, 15) is 4.79 Å². The lowest BCUT2D eigenvalue weighted by Gasteiger charge is -2.20. The van der Waals surface area contributed by atoms with Crippen LogP contribution < -0.4 is 5.32 Å². The van der Waals surface area contributed by atoms with Crippen molar-refractivity contribution in [3.05, 3.63) is 59.2 Å². The average molecular weight is 299 g/mol. The quantitative estimate of drug-likeness (QED) is 0.764. The number of carbonyl (C=O) groups excluding carboxylic acids is 1. The van der Waals surface area contributed by atoms with Crippen LogP contribution >= 0.6 is 12.6 Å². The van der Waals surface area contributed by atoms with E-state index in [2.05, 4.69) is 38.7 Å². The van der Waals surface area contributed by atoms with Crippen LogP contribution in [0.4, 0.5) is 5.69 Å². The van der Waals surface area contributed by atoms with Crippen molar-refractivity contribution in [2.24, 2.45) is 0 Å². The van der Waals surface area contributed by atoms with Gasteiger partial charge in [0.15, 0.2) is 0 Å². The number of benzene rings is 2. The van der Waals surface area contributed by atoms with E-state index in [1.54, 1.807) is 0 Å². The number of nitrogens with one attached hydrogen (secondary N) is 1. The third-order valence-corrected chi connectivity index (χ3v) is 3.77. The smallest absolute Gasteiger partial charge is 0.256 e. The van der Waals surface area contributed by atoms with Crippen LogP contribution in [0.5, 0.6) is 0 Å². The van der Waals surface area contributed by atoms with E-state index in [-0.39, 0.29) is 11.3 Å². The van der Waals surface area contributed by atoms with Gasteiger partial charge in [0.2, 0.25) is 0 Å². The molecule has 21 heavy (non-hydrogen) atoms. The SMILES string of the molecule is Cc1cccc(NC(=O)c2cc(C(C)(C)C)ccc2S)c1. The number of thiol groups is 1. The molecule has 0 aliphatic rings. The molecule has 1 amide bonds. The molecular weight excluding hydrogens is 278 g/mol. The highest BCUT2D eigenvalue weighted by molar-refractivity contribution is 7.80. The molecule has 0 aliphatic carbocycles. The maximum Gasteiger partial charge on any atom is 0.256 e. The van der Waals surface area contributed by atoms with E-state index in [1.165, 1.54) is 0 Å². The van der Waals surface area contributed by atoms with Gasteiger partial charge in [-0.1, -0.05) is 39.0 Å². The topological polar surface area (TPSA) is 29.1 Å². The highest BCUT2D eigenvalue weighted by Gasteiger charge is 2.17. The van der Waals surface area contributed by atoms with Crippen molar-refractivity contribution < 1.29 is 4.79 Å². The van der Waals surface area contributed by atoms with Crippen LogP contribution in [0.25, 0.3) is 0 Å². The van der Waals surface area contributed by atoms with Gasteiger partial charge in [-0.05, 0) is 47.7 Å². The molecule has 2 nitrogen and oxygen atoms in total. The predicted octanol–water partition coefficient (Wildman–Crippen LogP) is 4.83. The normalized spacial score (nSPS) is 11.3. The van der Waals surface area contributed by atoms with Crippen molar-refractivity contribution in [3.8, 4) is 0 Å². The number of aryl methyl sites for hydroxylation is 1. The summed E-state index contributed by atoms with van der Waals surface area (Å²) in [5, 5.41) is 2.93. The van der Waals surface area contributed by atoms with Gasteiger partial charge in [-0.25, -0.2) is 0 Å². The molecule has 2 aromatic rings. The zero-order valence-corrected chi connectivity index (χ0v) is 13.8. The van der Waals surface area contributed by atoms with Crippen LogP contribution in [-0.4, -0.2) is 5.91 Å². The zero-order valence-electron chi connectivity index (χ0n) is 12.9. The summed E-state index contributed by atoms with van der Waals surface area (Å²) in [5.41, 5.74) is 3.64. The molecule has 1 N–H and O–H groups in total. The maximum absolute atomic E-state index is 12.5. The molecule has 0 unspecified atom stereocenters. The Labute approximate surface area is 132 Å². The van der Waals surface area contributed by atoms with E-state index in [0.717, 1.165) is 16.8 Å². The fourth-order valence-corrected chi connectivity index (χ4v) is 2.35. The second kappa shape index (κ2) is 5.94. The average Bonchev–Trinajstić information content (AvgIpc) is 2.37. The van der Waals surface area contributed by atoms with Crippen molar-refractivity contribution in [2.45, 2.75) is 38.0 Å². The molecule has 0 fully saturated rings. The van der Waals surface area contributed by atoms with E-state index in [1.807, 2.05) is 49.4 Å². The number of amides is 1. The third-order valence-electron chi connectivity index (χ3n) is 3.38. The largest absolute Gasteiger partial charge is 0.322 e. The Kier molecular flexibility index (Phi) is 4.43. The van der Waals surface area contributed by atoms with Gasteiger partial charge in [0.25, 0.3) is 5.91 Å². The van der Waals surface area contributed by atoms with Crippen molar-refractivity contribution in [3.63, 3.8) is 0 Å². The maximum atomic E-state index is 12.5. The second-order valence-corrected chi connectivity index (χ2v) is 6.79. The molecule has 0 radical (unpaired) electrons. The molecule has 0 saturated heterocycles. The van der Waals surface area contributed by atoms with Crippen molar-refractivity contribution in [2.75, 3.05) is 5.32 Å². The van der Waals surface area contributed by atoms with Gasteiger partial charge in [-0.3, -0.25) is 4.79 Å². The van der Waals surface area contributed by atoms with Gasteiger partial charge >= 0.3 is 0 Å². The molecule has 0 aliphatic heterocycles. The highest BCUT2D eigenvalue weighted by Crippen LogP contribution is 2.26. The van der Waals surface area contributed by atoms with Crippen LogP contribution in [-0.2, 0) is 5.41 Å². The van der Waals surface area contributed by atoms with E-state index in [0.29, 0.717) is 10.5 Å². The first-order chi connectivity index (χ1) is 9.77. The molecular formula is C18H21NOS. The Morgan fingerprint density at radius 1 is 1.10 bits per heavy atom. The Balaban J connectivity index is 2.31.